The van der Waals surface area contributed by atoms with Crippen molar-refractivity contribution < 1.29 is 33.7 Å². The SMILES string of the molecule is COc1ccc(OC)c(C(=O)C[C@@]23CC[C@H](O)[C@]2(C=O)COC3=O)c1. The van der Waals surface area contributed by atoms with E-state index < -0.39 is 22.9 Å². The van der Waals surface area contributed by atoms with Crippen molar-refractivity contribution in [1.82, 2.24) is 0 Å². The van der Waals surface area contributed by atoms with Gasteiger partial charge in [0.25, 0.3) is 0 Å². The molecule has 1 aliphatic carbocycles. The van der Waals surface area contributed by atoms with Gasteiger partial charge in [-0.3, -0.25) is 9.59 Å². The van der Waals surface area contributed by atoms with Crippen LogP contribution in [0.15, 0.2) is 18.2 Å². The summed E-state index contributed by atoms with van der Waals surface area (Å²) in [7, 11) is 2.92. The average molecular weight is 348 g/mol. The Bertz CT molecular complexity index is 728. The fraction of sp³-hybridized carbons (Fsp3) is 0.500. The van der Waals surface area contributed by atoms with Crippen LogP contribution in [-0.4, -0.2) is 50.1 Å². The third kappa shape index (κ3) is 2.33. The smallest absolute Gasteiger partial charge is 0.313 e. The van der Waals surface area contributed by atoms with Gasteiger partial charge in [-0.2, -0.15) is 0 Å². The summed E-state index contributed by atoms with van der Waals surface area (Å²) in [5.41, 5.74) is -2.44. The minimum absolute atomic E-state index is 0.195. The summed E-state index contributed by atoms with van der Waals surface area (Å²) in [4.78, 5) is 37.2. The minimum Gasteiger partial charge on any atom is -0.497 e. The second kappa shape index (κ2) is 6.15. The summed E-state index contributed by atoms with van der Waals surface area (Å²) < 4.78 is 15.5. The van der Waals surface area contributed by atoms with Crippen LogP contribution in [0.25, 0.3) is 0 Å². The number of hydrogen-bond acceptors (Lipinski definition) is 7. The van der Waals surface area contributed by atoms with Crippen molar-refractivity contribution in [2.75, 3.05) is 20.8 Å². The predicted molar refractivity (Wildman–Crippen MR) is 85.6 cm³/mol. The van der Waals surface area contributed by atoms with E-state index in [1.807, 2.05) is 0 Å². The summed E-state index contributed by atoms with van der Waals surface area (Å²) in [5.74, 6) is -0.145. The molecule has 0 amide bonds. The fourth-order valence-corrected chi connectivity index (χ4v) is 3.99. The highest BCUT2D eigenvalue weighted by atomic mass is 16.5. The standard InChI is InChI=1S/C18H20O7/c1-23-11-3-4-14(24-2)12(7-11)13(20)8-17-6-5-15(21)18(17,9-19)10-25-16(17)22/h3-4,7,9,15,21H,5-6,8,10H2,1-2H3/t15-,17+,18-/m0/s1. The molecule has 1 aromatic carbocycles. The van der Waals surface area contributed by atoms with Crippen LogP contribution in [0.4, 0.5) is 0 Å². The average Bonchev–Trinajstić information content (AvgIpc) is 3.07. The largest absolute Gasteiger partial charge is 0.497 e. The summed E-state index contributed by atoms with van der Waals surface area (Å²) in [5, 5.41) is 10.3. The van der Waals surface area contributed by atoms with Crippen LogP contribution in [0.1, 0.15) is 29.6 Å². The number of benzene rings is 1. The van der Waals surface area contributed by atoms with E-state index >= 15 is 0 Å². The quantitative estimate of drug-likeness (QED) is 0.468. The summed E-state index contributed by atoms with van der Waals surface area (Å²) in [6.45, 7) is -0.195. The Morgan fingerprint density at radius 1 is 1.40 bits per heavy atom. The lowest BCUT2D eigenvalue weighted by molar-refractivity contribution is -0.147. The lowest BCUT2D eigenvalue weighted by atomic mass is 9.64. The zero-order valence-corrected chi connectivity index (χ0v) is 14.1. The molecule has 3 rings (SSSR count). The molecule has 1 saturated carbocycles. The number of ketones is 1. The van der Waals surface area contributed by atoms with E-state index in [1.165, 1.54) is 20.3 Å². The van der Waals surface area contributed by atoms with Gasteiger partial charge in [-0.1, -0.05) is 0 Å². The van der Waals surface area contributed by atoms with Gasteiger partial charge in [0.05, 0.1) is 31.3 Å². The topological polar surface area (TPSA) is 99.1 Å². The molecule has 25 heavy (non-hydrogen) atoms. The highest BCUT2D eigenvalue weighted by molar-refractivity contribution is 6.03. The highest BCUT2D eigenvalue weighted by Gasteiger charge is 2.70. The van der Waals surface area contributed by atoms with Crippen LogP contribution in [0.3, 0.4) is 0 Å². The Hall–Kier alpha value is -2.41. The number of Topliss-reactive ketones (excluding diaryl/α,β-unsaturated/α-hetero) is 1. The highest BCUT2D eigenvalue weighted by Crippen LogP contribution is 2.59. The lowest BCUT2D eigenvalue weighted by Gasteiger charge is -2.32. The first-order chi connectivity index (χ1) is 11.9. The van der Waals surface area contributed by atoms with E-state index in [9.17, 15) is 19.5 Å². The third-order valence-corrected chi connectivity index (χ3v) is 5.54. The van der Waals surface area contributed by atoms with E-state index in [4.69, 9.17) is 14.2 Å². The maximum Gasteiger partial charge on any atom is 0.313 e. The number of fused-ring (bicyclic) bond motifs is 1. The van der Waals surface area contributed by atoms with E-state index in [2.05, 4.69) is 0 Å². The Labute approximate surface area is 144 Å². The summed E-state index contributed by atoms with van der Waals surface area (Å²) >= 11 is 0. The number of hydrogen-bond donors (Lipinski definition) is 1. The number of cyclic esters (lactones) is 1. The summed E-state index contributed by atoms with van der Waals surface area (Å²) in [6, 6.07) is 4.80. The van der Waals surface area contributed by atoms with Crippen LogP contribution in [0, 0.1) is 10.8 Å². The number of carbonyl (C=O) groups is 3. The van der Waals surface area contributed by atoms with Crippen molar-refractivity contribution in [2.45, 2.75) is 25.4 Å². The van der Waals surface area contributed by atoms with Gasteiger partial charge in [-0.15, -0.1) is 0 Å². The van der Waals surface area contributed by atoms with E-state index in [1.54, 1.807) is 12.1 Å². The Balaban J connectivity index is 2.00. The van der Waals surface area contributed by atoms with Crippen LogP contribution in [0.5, 0.6) is 11.5 Å². The molecular formula is C18H20O7. The molecule has 2 aliphatic rings. The zero-order chi connectivity index (χ0) is 18.2. The number of carbonyl (C=O) groups excluding carboxylic acids is 3. The molecule has 3 atom stereocenters. The molecule has 0 bridgehead atoms. The van der Waals surface area contributed by atoms with Crippen molar-refractivity contribution >= 4 is 18.0 Å². The fourth-order valence-electron chi connectivity index (χ4n) is 3.99. The molecule has 1 N–H and O–H groups in total. The number of aldehydes is 1. The van der Waals surface area contributed by atoms with Gasteiger partial charge in [-0.05, 0) is 31.0 Å². The number of aliphatic hydroxyl groups excluding tert-OH is 1. The van der Waals surface area contributed by atoms with Gasteiger partial charge in [-0.25, -0.2) is 0 Å². The zero-order valence-electron chi connectivity index (χ0n) is 14.1. The van der Waals surface area contributed by atoms with Gasteiger partial charge in [0.15, 0.2) is 5.78 Å². The minimum atomic E-state index is -1.37. The number of rotatable bonds is 6. The van der Waals surface area contributed by atoms with Gasteiger partial charge >= 0.3 is 5.97 Å². The number of ether oxygens (including phenoxy) is 3. The van der Waals surface area contributed by atoms with Gasteiger partial charge in [0.2, 0.25) is 0 Å². The molecule has 0 aromatic heterocycles. The van der Waals surface area contributed by atoms with Crippen molar-refractivity contribution in [2.24, 2.45) is 10.8 Å². The first kappa shape index (κ1) is 17.4. The predicted octanol–water partition coefficient (Wildman–Crippen LogP) is 1.16. The van der Waals surface area contributed by atoms with Crippen LogP contribution in [-0.2, 0) is 14.3 Å². The van der Waals surface area contributed by atoms with Crippen LogP contribution in [0.2, 0.25) is 0 Å². The second-order valence-corrected chi connectivity index (χ2v) is 6.54. The molecule has 134 valence electrons. The molecule has 1 aliphatic heterocycles. The third-order valence-electron chi connectivity index (χ3n) is 5.54. The Morgan fingerprint density at radius 2 is 2.16 bits per heavy atom. The van der Waals surface area contributed by atoms with Gasteiger partial charge in [0.1, 0.15) is 29.8 Å². The maximum absolute atomic E-state index is 13.0. The molecule has 0 radical (unpaired) electrons. The number of esters is 1. The summed E-state index contributed by atoms with van der Waals surface area (Å²) in [6.07, 6.45) is -0.159. The van der Waals surface area contributed by atoms with Gasteiger partial charge < -0.3 is 24.1 Å². The first-order valence-electron chi connectivity index (χ1n) is 8.01. The molecular weight excluding hydrogens is 328 g/mol. The molecule has 0 spiro atoms. The molecule has 1 heterocycles. The Morgan fingerprint density at radius 3 is 2.80 bits per heavy atom. The molecule has 7 heteroatoms. The van der Waals surface area contributed by atoms with Crippen molar-refractivity contribution in [3.8, 4) is 11.5 Å². The van der Waals surface area contributed by atoms with Crippen molar-refractivity contribution in [1.29, 1.82) is 0 Å². The van der Waals surface area contributed by atoms with Gasteiger partial charge in [0, 0.05) is 6.42 Å². The van der Waals surface area contributed by atoms with Crippen molar-refractivity contribution in [3.05, 3.63) is 23.8 Å². The number of methoxy groups -OCH3 is 2. The van der Waals surface area contributed by atoms with Crippen LogP contribution >= 0.6 is 0 Å². The molecule has 1 saturated heterocycles. The van der Waals surface area contributed by atoms with E-state index in [0.29, 0.717) is 17.8 Å². The Kier molecular flexibility index (Phi) is 4.28. The molecule has 1 aromatic rings. The molecule has 7 nitrogen and oxygen atoms in total. The van der Waals surface area contributed by atoms with E-state index in [0.717, 1.165) is 0 Å². The molecule has 0 unspecified atom stereocenters. The van der Waals surface area contributed by atoms with Crippen LogP contribution < -0.4 is 9.47 Å². The first-order valence-corrected chi connectivity index (χ1v) is 8.01. The monoisotopic (exact) mass is 348 g/mol. The van der Waals surface area contributed by atoms with Crippen molar-refractivity contribution in [3.63, 3.8) is 0 Å². The maximum atomic E-state index is 13.0. The normalized spacial score (nSPS) is 30.5. The number of aliphatic hydroxyl groups is 1. The molecule has 2 fully saturated rings. The second-order valence-electron chi connectivity index (χ2n) is 6.54. The van der Waals surface area contributed by atoms with E-state index in [-0.39, 0.29) is 37.2 Å². The lowest BCUT2D eigenvalue weighted by Crippen LogP contribution is -2.47.